The van der Waals surface area contributed by atoms with E-state index in [4.69, 9.17) is 35.3 Å². The predicted octanol–water partition coefficient (Wildman–Crippen LogP) is 7.01. The Labute approximate surface area is 472 Å². The molecule has 1 unspecified atom stereocenters. The first kappa shape index (κ1) is 58.0. The van der Waals surface area contributed by atoms with Crippen LogP contribution in [0, 0.1) is 5.92 Å². The number of aromatic nitrogens is 5. The Morgan fingerprint density at radius 3 is 1.80 bits per heavy atom. The van der Waals surface area contributed by atoms with Gasteiger partial charge >= 0.3 is 30.0 Å². The van der Waals surface area contributed by atoms with E-state index in [0.717, 1.165) is 0 Å². The molecule has 80 heavy (non-hydrogen) atoms. The number of nitrogens with two attached hydrogens (primary N) is 2. The number of thiazole rings is 1. The van der Waals surface area contributed by atoms with Gasteiger partial charge < -0.3 is 34.7 Å². The van der Waals surface area contributed by atoms with Gasteiger partial charge in [-0.2, -0.15) is 5.21 Å². The quantitative estimate of drug-likeness (QED) is 0.00926. The van der Waals surface area contributed by atoms with Crippen molar-refractivity contribution < 1.29 is 57.2 Å². The number of nitrogens with zero attached hydrogens (tertiary/aromatic N) is 6. The van der Waals surface area contributed by atoms with Crippen molar-refractivity contribution >= 4 is 81.6 Å². The van der Waals surface area contributed by atoms with Gasteiger partial charge in [-0.15, -0.1) is 22.0 Å². The fourth-order valence-corrected chi connectivity index (χ4v) is 11.6. The molecule has 8 rings (SSSR count). The number of hydrogen-bond acceptors (Lipinski definition) is 21. The third-order valence-electron chi connectivity index (χ3n) is 12.1. The number of rotatable bonds is 19. The van der Waals surface area contributed by atoms with Crippen LogP contribution in [0.15, 0.2) is 138 Å². The Hall–Kier alpha value is -8.13. The summed E-state index contributed by atoms with van der Waals surface area (Å²) in [5, 5.41) is 15.4. The number of esters is 4. The normalized spacial score (nSPS) is 16.4. The molecule has 2 aromatic heterocycles. The largest absolute Gasteiger partial charge is 0.459 e. The van der Waals surface area contributed by atoms with Crippen LogP contribution < -0.4 is 16.9 Å². The van der Waals surface area contributed by atoms with Crippen molar-refractivity contribution in [3.05, 3.63) is 166 Å². The van der Waals surface area contributed by atoms with E-state index in [0.29, 0.717) is 44.2 Å². The van der Waals surface area contributed by atoms with Gasteiger partial charge in [-0.05, 0) is 81.5 Å². The summed E-state index contributed by atoms with van der Waals surface area (Å²) in [6.45, 7) is 10.4. The van der Waals surface area contributed by atoms with E-state index >= 15 is 0 Å². The predicted molar refractivity (Wildman–Crippen MR) is 294 cm³/mol. The summed E-state index contributed by atoms with van der Waals surface area (Å²) in [7, 11) is 0. The van der Waals surface area contributed by atoms with Crippen molar-refractivity contribution in [2.75, 3.05) is 18.1 Å². The van der Waals surface area contributed by atoms with Gasteiger partial charge in [-0.1, -0.05) is 144 Å². The number of tetrazole rings is 1. The number of hydrazine groups is 1. The second-order valence-corrected chi connectivity index (χ2v) is 23.7. The Morgan fingerprint density at radius 2 is 1.30 bits per heavy atom. The highest BCUT2D eigenvalue weighted by molar-refractivity contribution is 8.01. The summed E-state index contributed by atoms with van der Waals surface area (Å²) in [5.41, 5.74) is 6.87. The highest BCUT2D eigenvalue weighted by atomic mass is 32.2. The molecule has 1 saturated heterocycles. The summed E-state index contributed by atoms with van der Waals surface area (Å²) < 4.78 is 29.0. The molecular formula is C55H58N10O12S3. The van der Waals surface area contributed by atoms with E-state index in [9.17, 15) is 33.6 Å². The molecule has 0 bridgehead atoms. The molecule has 2 aliphatic rings. The number of hydrogen-bond donors (Lipinski definition) is 4. The lowest BCUT2D eigenvalue weighted by molar-refractivity contribution is -0.173. The number of amides is 3. The molecule has 25 heteroatoms. The number of H-pyrrole nitrogens is 1. The molecule has 0 spiro atoms. The molecule has 2 aliphatic heterocycles. The fourth-order valence-electron chi connectivity index (χ4n) is 8.41. The van der Waals surface area contributed by atoms with Gasteiger partial charge in [0, 0.05) is 11.0 Å². The Bertz CT molecular complexity index is 3150. The van der Waals surface area contributed by atoms with E-state index in [-0.39, 0.29) is 26.6 Å². The number of nitrogens with one attached hydrogen (secondary N) is 2. The van der Waals surface area contributed by atoms with Crippen LogP contribution in [0.2, 0.25) is 0 Å². The standard InChI is InChI=1S/C55H58N10O12S3/c1-30(79-52-60-62-63-61-52)36-29-78-47-38(46(67)64(47)39(36)50(70)75-42(33-24-16-10-17-25-33)34-26-18-11-19-27-34)58-44(66)40(37-43(56)80-45(59-37)51(71)77-55(5,6)7)65(57)53(72)73-28-35(49(69)76-54(2,3)4)48(68)74-41(31-20-12-8-13-21-31)32-22-14-9-15-23-32/h8-27,30,35,38,40-42,47H,28-29,56-57H2,1-7H3,(H,58,66)(H,60,61,62,63)/t30?,35-,38-,40+,47-/m1/s1. The molecule has 22 nitrogen and oxygen atoms in total. The molecule has 0 radical (unpaired) electrons. The van der Waals surface area contributed by atoms with Crippen LogP contribution in [0.1, 0.15) is 104 Å². The number of benzene rings is 4. The molecular weight excluding hydrogens is 1090 g/mol. The molecule has 6 N–H and O–H groups in total. The van der Waals surface area contributed by atoms with E-state index in [1.165, 1.54) is 28.4 Å². The van der Waals surface area contributed by atoms with Gasteiger partial charge in [-0.3, -0.25) is 24.1 Å². The number of carbonyl (C=O) groups is 7. The van der Waals surface area contributed by atoms with Gasteiger partial charge in [0.2, 0.25) is 10.2 Å². The summed E-state index contributed by atoms with van der Waals surface area (Å²) in [6, 6.07) is 32.3. The highest BCUT2D eigenvalue weighted by Gasteiger charge is 2.56. The van der Waals surface area contributed by atoms with Crippen molar-refractivity contribution in [1.82, 2.24) is 40.8 Å². The lowest BCUT2D eigenvalue weighted by Crippen LogP contribution is -2.71. The van der Waals surface area contributed by atoms with Gasteiger partial charge in [-0.25, -0.2) is 30.2 Å². The number of ether oxygens (including phenoxy) is 5. The molecule has 4 heterocycles. The van der Waals surface area contributed by atoms with Crippen LogP contribution in [-0.4, -0.2) is 118 Å². The van der Waals surface area contributed by atoms with E-state index in [1.807, 2.05) is 67.6 Å². The number of thioether (sulfide) groups is 2. The smallest absolute Gasteiger partial charge is 0.425 e. The molecule has 418 valence electrons. The number of anilines is 1. The van der Waals surface area contributed by atoms with Crippen LogP contribution in [0.4, 0.5) is 9.80 Å². The number of β-lactam (4-membered cyclic amide) rings is 1. The zero-order valence-corrected chi connectivity index (χ0v) is 46.9. The first-order chi connectivity index (χ1) is 38.1. The minimum Gasteiger partial charge on any atom is -0.459 e. The number of nitrogen functional groups attached to an aromatic ring is 1. The monoisotopic (exact) mass is 1150 g/mol. The van der Waals surface area contributed by atoms with Crippen LogP contribution in [0.5, 0.6) is 0 Å². The highest BCUT2D eigenvalue weighted by Crippen LogP contribution is 2.45. The van der Waals surface area contributed by atoms with E-state index < -0.39 is 106 Å². The minimum atomic E-state index is -2.04. The van der Waals surface area contributed by atoms with Gasteiger partial charge in [0.1, 0.15) is 45.6 Å². The lowest BCUT2D eigenvalue weighted by atomic mass is 9.99. The summed E-state index contributed by atoms with van der Waals surface area (Å²) >= 11 is 3.06. The molecule has 0 aliphatic carbocycles. The number of aromatic amines is 1. The van der Waals surface area contributed by atoms with Crippen molar-refractivity contribution in [2.45, 2.75) is 99.7 Å². The van der Waals surface area contributed by atoms with Gasteiger partial charge in [0.25, 0.3) is 11.8 Å². The van der Waals surface area contributed by atoms with Crippen molar-refractivity contribution in [3.8, 4) is 0 Å². The maximum Gasteiger partial charge on any atom is 0.425 e. The molecule has 3 amide bonds. The summed E-state index contributed by atoms with van der Waals surface area (Å²) in [6.07, 6.45) is -3.38. The third-order valence-corrected chi connectivity index (χ3v) is 15.3. The van der Waals surface area contributed by atoms with Crippen LogP contribution in [0.3, 0.4) is 0 Å². The Kier molecular flexibility index (Phi) is 18.1. The number of fused-ring (bicyclic) bond motifs is 1. The molecule has 4 aromatic carbocycles. The second-order valence-electron chi connectivity index (χ2n) is 20.2. The molecule has 0 saturated carbocycles. The van der Waals surface area contributed by atoms with Crippen LogP contribution in [0.25, 0.3) is 0 Å². The van der Waals surface area contributed by atoms with Crippen molar-refractivity contribution in [3.63, 3.8) is 0 Å². The first-order valence-corrected chi connectivity index (χ1v) is 27.8. The van der Waals surface area contributed by atoms with Crippen LogP contribution >= 0.6 is 34.9 Å². The molecule has 6 aromatic rings. The molecule has 5 atom stereocenters. The summed E-state index contributed by atoms with van der Waals surface area (Å²) in [4.78, 5) is 106. The van der Waals surface area contributed by atoms with Gasteiger partial charge in [0.15, 0.2) is 24.2 Å². The van der Waals surface area contributed by atoms with Crippen LogP contribution in [-0.2, 0) is 47.7 Å². The lowest BCUT2D eigenvalue weighted by Gasteiger charge is -2.50. The summed E-state index contributed by atoms with van der Waals surface area (Å²) in [5.74, 6) is -1.04. The zero-order valence-electron chi connectivity index (χ0n) is 44.5. The average molecular weight is 1150 g/mol. The third kappa shape index (κ3) is 13.8. The SMILES string of the molecule is CC(Sc1nn[nH]n1)C1=C(C(=O)OC(c2ccccc2)c2ccccc2)N2C(=O)[C@@H](NC(=O)[C@H](c3nc(C(=O)OC(C)(C)C)sc3N)N(N)C(=O)OC[C@H](C(=O)OC(c3ccccc3)c3ccccc3)C(=O)OC(C)(C)C)[C@H]2SC1. The van der Waals surface area contributed by atoms with Gasteiger partial charge in [0.05, 0.1) is 0 Å². The first-order valence-electron chi connectivity index (χ1n) is 25.0. The number of carbonyl (C=O) groups excluding carboxylic acids is 7. The Balaban J connectivity index is 1.08. The fraction of sp³-hybridized carbons (Fsp3) is 0.327. The zero-order chi connectivity index (χ0) is 57.5. The second kappa shape index (κ2) is 24.9. The maximum atomic E-state index is 14.9. The van der Waals surface area contributed by atoms with E-state index in [1.54, 1.807) is 102 Å². The van der Waals surface area contributed by atoms with Crippen molar-refractivity contribution in [1.29, 1.82) is 0 Å². The minimum absolute atomic E-state index is 0.0622. The maximum absolute atomic E-state index is 14.9. The average Bonchev–Trinajstić information content (AvgIpc) is 4.11. The topological polar surface area (TPSA) is 304 Å². The molecule has 1 fully saturated rings. The van der Waals surface area contributed by atoms with Crippen molar-refractivity contribution in [2.24, 2.45) is 11.8 Å². The Morgan fingerprint density at radius 1 is 0.775 bits per heavy atom. The van der Waals surface area contributed by atoms with E-state index in [2.05, 4.69) is 30.9 Å².